The third-order valence-electron chi connectivity index (χ3n) is 13.7. The van der Waals surface area contributed by atoms with Crippen LogP contribution in [-0.4, -0.2) is 99.9 Å². The second kappa shape index (κ2) is 62.7. The molecule has 0 aromatic rings. The number of carbonyl (C=O) groups excluding carboxylic acids is 4. The average Bonchev–Trinajstić information content (AvgIpc) is 3.68. The van der Waals surface area contributed by atoms with Crippen molar-refractivity contribution in [2.24, 2.45) is 5.41 Å². The zero-order valence-corrected chi connectivity index (χ0v) is 55.5. The average molecular weight is 1220 g/mol. The molecule has 10 nitrogen and oxygen atoms in total. The number of likely N-dealkylation sites (N-methyl/N-ethyl adjacent to an activating group) is 1. The SMILES string of the molecule is CC/C=C\C/C=C\C/C=C\C/C=C\C/C=C\C/C=C\CCC(=O)OCC(COC(=O)CC/C=C\C/C=C\C/C=C\C/C=C\C/C=C\C/C=C\CC)(COC(=O)CC/C=C\C/C=C\C/C=C\C/C=C\C/C=C\C/C=C\CC)COC(=O)CCN1CCN(C)CC1. The van der Waals surface area contributed by atoms with Crippen LogP contribution in [0.1, 0.15) is 181 Å². The summed E-state index contributed by atoms with van der Waals surface area (Å²) in [6.07, 6.45) is 95.4. The highest BCUT2D eigenvalue weighted by atomic mass is 16.6. The molecule has 0 aromatic heterocycles. The molecule has 0 N–H and O–H groups in total. The summed E-state index contributed by atoms with van der Waals surface area (Å²) in [4.78, 5) is 57.8. The number of nitrogens with zero attached hydrogens (tertiary/aromatic N) is 2. The predicted octanol–water partition coefficient (Wildman–Crippen LogP) is 19.2. The Balaban J connectivity index is 2.95. The molecule has 1 saturated heterocycles. The van der Waals surface area contributed by atoms with E-state index in [9.17, 15) is 19.2 Å². The lowest BCUT2D eigenvalue weighted by atomic mass is 9.92. The van der Waals surface area contributed by atoms with Crippen molar-refractivity contribution in [1.29, 1.82) is 0 Å². The third kappa shape index (κ3) is 56.1. The molecule has 1 aliphatic rings. The Kier molecular flexibility index (Phi) is 56.5. The van der Waals surface area contributed by atoms with E-state index >= 15 is 0 Å². The first-order valence-electron chi connectivity index (χ1n) is 33.5. The van der Waals surface area contributed by atoms with E-state index in [0.717, 1.165) is 142 Å². The number of piperazine rings is 1. The molecule has 10 heteroatoms. The summed E-state index contributed by atoms with van der Waals surface area (Å²) in [5.41, 5.74) is -1.35. The first-order valence-corrected chi connectivity index (χ1v) is 33.5. The lowest BCUT2D eigenvalue weighted by Crippen LogP contribution is -2.45. The molecule has 89 heavy (non-hydrogen) atoms. The minimum absolute atomic E-state index is 0.112. The van der Waals surface area contributed by atoms with Crippen molar-refractivity contribution >= 4 is 23.9 Å². The van der Waals surface area contributed by atoms with Gasteiger partial charge in [0.05, 0.1) is 6.42 Å². The van der Waals surface area contributed by atoms with Gasteiger partial charge in [-0.05, 0) is 142 Å². The Morgan fingerprint density at radius 3 is 0.685 bits per heavy atom. The summed E-state index contributed by atoms with van der Waals surface area (Å²) in [5.74, 6) is -1.85. The van der Waals surface area contributed by atoms with Gasteiger partial charge in [0.15, 0.2) is 0 Å². The molecule has 0 spiro atoms. The van der Waals surface area contributed by atoms with Gasteiger partial charge in [-0.25, -0.2) is 0 Å². The second-order valence-corrected chi connectivity index (χ2v) is 21.9. The van der Waals surface area contributed by atoms with Crippen LogP contribution in [-0.2, 0) is 38.1 Å². The molecule has 0 unspecified atom stereocenters. The molecule has 1 fully saturated rings. The molecule has 0 aromatic carbocycles. The molecule has 490 valence electrons. The number of ether oxygens (including phenoxy) is 4. The maximum atomic E-state index is 13.4. The molecule has 1 rings (SSSR count). The third-order valence-corrected chi connectivity index (χ3v) is 13.7. The summed E-state index contributed by atoms with van der Waals surface area (Å²) in [5, 5.41) is 0. The zero-order chi connectivity index (χ0) is 64.3. The van der Waals surface area contributed by atoms with E-state index in [1.807, 2.05) is 36.5 Å². The van der Waals surface area contributed by atoms with Gasteiger partial charge in [-0.3, -0.25) is 19.2 Å². The Morgan fingerprint density at radius 1 is 0.281 bits per heavy atom. The summed E-state index contributed by atoms with van der Waals surface area (Å²) in [7, 11) is 2.08. The molecular weight excluding hydrogens is 1100 g/mol. The van der Waals surface area contributed by atoms with Crippen molar-refractivity contribution in [3.8, 4) is 0 Å². The maximum absolute atomic E-state index is 13.4. The molecule has 0 atom stereocenters. The number of esters is 4. The lowest BCUT2D eigenvalue weighted by molar-refractivity contribution is -0.170. The van der Waals surface area contributed by atoms with Gasteiger partial charge in [0, 0.05) is 52.0 Å². The molecular formula is C79H116N2O8. The number of hydrogen-bond acceptors (Lipinski definition) is 10. The maximum Gasteiger partial charge on any atom is 0.307 e. The summed E-state index contributed by atoms with van der Waals surface area (Å²) in [6.45, 7) is 9.36. The molecule has 0 aliphatic carbocycles. The van der Waals surface area contributed by atoms with E-state index in [-0.39, 0.29) is 52.1 Å². The molecule has 0 bridgehead atoms. The van der Waals surface area contributed by atoms with Crippen LogP contribution in [0.25, 0.3) is 0 Å². The fourth-order valence-electron chi connectivity index (χ4n) is 8.32. The number of allylic oxidation sites excluding steroid dienone is 36. The van der Waals surface area contributed by atoms with Crippen molar-refractivity contribution in [2.75, 3.05) is 66.2 Å². The van der Waals surface area contributed by atoms with E-state index < -0.39 is 29.3 Å². The Hall–Kier alpha value is -6.88. The Labute approximate surface area is 540 Å². The van der Waals surface area contributed by atoms with Gasteiger partial charge in [-0.2, -0.15) is 0 Å². The number of rotatable bonds is 53. The van der Waals surface area contributed by atoms with Crippen molar-refractivity contribution < 1.29 is 38.1 Å². The summed E-state index contributed by atoms with van der Waals surface area (Å²) < 4.78 is 23.5. The van der Waals surface area contributed by atoms with E-state index in [0.29, 0.717) is 25.8 Å². The monoisotopic (exact) mass is 1220 g/mol. The van der Waals surface area contributed by atoms with Crippen molar-refractivity contribution in [3.63, 3.8) is 0 Å². The number of hydrogen-bond donors (Lipinski definition) is 0. The van der Waals surface area contributed by atoms with Gasteiger partial charge in [0.1, 0.15) is 31.8 Å². The van der Waals surface area contributed by atoms with Gasteiger partial charge in [0.2, 0.25) is 0 Å². The van der Waals surface area contributed by atoms with Crippen LogP contribution in [0.3, 0.4) is 0 Å². The molecule has 1 aliphatic heterocycles. The van der Waals surface area contributed by atoms with Crippen LogP contribution in [0.5, 0.6) is 0 Å². The Morgan fingerprint density at radius 2 is 0.472 bits per heavy atom. The highest BCUT2D eigenvalue weighted by molar-refractivity contribution is 5.71. The topological polar surface area (TPSA) is 112 Å². The predicted molar refractivity (Wildman–Crippen MR) is 377 cm³/mol. The first-order chi connectivity index (χ1) is 43.7. The summed E-state index contributed by atoms with van der Waals surface area (Å²) in [6, 6.07) is 0. The van der Waals surface area contributed by atoms with Crippen molar-refractivity contribution in [2.45, 2.75) is 181 Å². The van der Waals surface area contributed by atoms with Crippen LogP contribution in [0.2, 0.25) is 0 Å². The van der Waals surface area contributed by atoms with Crippen LogP contribution < -0.4 is 0 Å². The van der Waals surface area contributed by atoms with Crippen LogP contribution in [0.15, 0.2) is 219 Å². The molecule has 0 amide bonds. The number of carbonyl (C=O) groups is 4. The lowest BCUT2D eigenvalue weighted by Gasteiger charge is -2.33. The quantitative estimate of drug-likeness (QED) is 0.0332. The molecule has 0 radical (unpaired) electrons. The first kappa shape index (κ1) is 80.1. The van der Waals surface area contributed by atoms with E-state index in [2.05, 4.69) is 220 Å². The van der Waals surface area contributed by atoms with Crippen LogP contribution in [0.4, 0.5) is 0 Å². The summed E-state index contributed by atoms with van der Waals surface area (Å²) >= 11 is 0. The van der Waals surface area contributed by atoms with Crippen LogP contribution in [0, 0.1) is 5.41 Å². The van der Waals surface area contributed by atoms with Gasteiger partial charge in [-0.1, -0.05) is 240 Å². The van der Waals surface area contributed by atoms with Crippen molar-refractivity contribution in [3.05, 3.63) is 219 Å². The van der Waals surface area contributed by atoms with E-state index in [1.54, 1.807) is 0 Å². The minimum atomic E-state index is -1.35. The molecule has 1 heterocycles. The van der Waals surface area contributed by atoms with E-state index in [1.165, 1.54) is 0 Å². The minimum Gasteiger partial charge on any atom is -0.465 e. The van der Waals surface area contributed by atoms with Gasteiger partial charge in [-0.15, -0.1) is 0 Å². The smallest absolute Gasteiger partial charge is 0.307 e. The fraction of sp³-hybridized carbons (Fsp3) is 0.494. The largest absolute Gasteiger partial charge is 0.465 e. The fourth-order valence-corrected chi connectivity index (χ4v) is 8.32. The van der Waals surface area contributed by atoms with Gasteiger partial charge < -0.3 is 28.7 Å². The van der Waals surface area contributed by atoms with Gasteiger partial charge in [0.25, 0.3) is 0 Å². The highest BCUT2D eigenvalue weighted by Gasteiger charge is 2.38. The van der Waals surface area contributed by atoms with Crippen molar-refractivity contribution in [1.82, 2.24) is 9.80 Å². The second-order valence-electron chi connectivity index (χ2n) is 21.9. The Bertz CT molecular complexity index is 2140. The molecule has 0 saturated carbocycles. The normalized spacial score (nSPS) is 14.7. The van der Waals surface area contributed by atoms with Gasteiger partial charge >= 0.3 is 23.9 Å². The van der Waals surface area contributed by atoms with E-state index in [4.69, 9.17) is 18.9 Å². The standard InChI is InChI=1S/C79H116N2O8/c1-5-8-11-14-17-20-23-26-29-32-35-38-41-44-47-50-53-56-59-62-75(82)86-71-79(74-89-78(85)65-66-81-69-67-80(4)68-70-81,72-87-76(83)63-60-57-54-51-48-45-42-39-36-33-30-27-24-21-18-15-12-9-6-2)73-88-77(84)64-61-58-55-52-49-46-43-40-37-34-31-28-25-22-19-16-13-10-7-3/h8-13,17-22,26-31,35-40,44-49,53-58H,5-7,14-16,23-25,32-34,41-43,50-52,59-74H2,1-4H3/b11-8-,12-9-,13-10-,20-17-,21-18-,22-19-,29-26-,30-27-,31-28-,38-35-,39-36-,40-37-,47-44-,48-45-,49-46-,56-53-,57-54-,58-55-. The highest BCUT2D eigenvalue weighted by Crippen LogP contribution is 2.23. The zero-order valence-electron chi connectivity index (χ0n) is 55.5. The van der Waals surface area contributed by atoms with Crippen LogP contribution >= 0.6 is 0 Å².